The van der Waals surface area contributed by atoms with Gasteiger partial charge >= 0.3 is 0 Å². The quantitative estimate of drug-likeness (QED) is 0.615. The van der Waals surface area contributed by atoms with Gasteiger partial charge in [0, 0.05) is 18.5 Å². The molecule has 0 amide bonds. The van der Waals surface area contributed by atoms with Crippen molar-refractivity contribution < 1.29 is 19.0 Å². The highest BCUT2D eigenvalue weighted by molar-refractivity contribution is 5.70. The fourth-order valence-electron chi connectivity index (χ4n) is 2.69. The van der Waals surface area contributed by atoms with Gasteiger partial charge in [-0.1, -0.05) is 12.1 Å². The Labute approximate surface area is 154 Å². The summed E-state index contributed by atoms with van der Waals surface area (Å²) in [4.78, 5) is 8.53. The molecule has 4 rings (SSSR count). The average Bonchev–Trinajstić information content (AvgIpc) is 3.15. The number of nitrogens with zero attached hydrogens (tertiary/aromatic N) is 2. The van der Waals surface area contributed by atoms with E-state index >= 15 is 0 Å². The zero-order valence-corrected chi connectivity index (χ0v) is 14.3. The van der Waals surface area contributed by atoms with E-state index in [1.807, 2.05) is 24.3 Å². The topological polar surface area (TPSA) is 88.5 Å². The van der Waals surface area contributed by atoms with Crippen LogP contribution < -0.4 is 20.1 Å². The van der Waals surface area contributed by atoms with Gasteiger partial charge in [-0.15, -0.1) is 0 Å². The maximum Gasteiger partial charge on any atom is 0.231 e. The van der Waals surface area contributed by atoms with Gasteiger partial charge in [-0.2, -0.15) is 4.98 Å². The fourth-order valence-corrected chi connectivity index (χ4v) is 2.69. The molecular weight excluding hydrogens is 351 g/mol. The molecule has 27 heavy (non-hydrogen) atoms. The summed E-state index contributed by atoms with van der Waals surface area (Å²) in [6.45, 7) is 0.161. The first-order chi connectivity index (χ1) is 13.2. The Morgan fingerprint density at radius 3 is 2.70 bits per heavy atom. The number of aromatic nitrogens is 2. The highest BCUT2D eigenvalue weighted by Crippen LogP contribution is 2.41. The van der Waals surface area contributed by atoms with Crippen LogP contribution in [0.3, 0.4) is 0 Å². The smallest absolute Gasteiger partial charge is 0.231 e. The molecule has 7 nitrogen and oxygen atoms in total. The van der Waals surface area contributed by atoms with Crippen LogP contribution in [0.25, 0.3) is 0 Å². The summed E-state index contributed by atoms with van der Waals surface area (Å²) < 4.78 is 24.8. The molecule has 0 radical (unpaired) electrons. The van der Waals surface area contributed by atoms with E-state index in [9.17, 15) is 4.39 Å². The summed E-state index contributed by atoms with van der Waals surface area (Å²) in [5.41, 5.74) is 2.01. The molecule has 0 aliphatic carbocycles. The Morgan fingerprint density at radius 2 is 1.89 bits per heavy atom. The third-order valence-corrected chi connectivity index (χ3v) is 4.01. The number of rotatable bonds is 6. The summed E-state index contributed by atoms with van der Waals surface area (Å²) in [6, 6.07) is 12.1. The van der Waals surface area contributed by atoms with E-state index in [0.29, 0.717) is 29.7 Å². The summed E-state index contributed by atoms with van der Waals surface area (Å²) in [6.07, 6.45) is 2.17. The van der Waals surface area contributed by atoms with Gasteiger partial charge in [-0.3, -0.25) is 0 Å². The molecule has 1 aliphatic rings. The van der Waals surface area contributed by atoms with E-state index < -0.39 is 5.82 Å². The lowest BCUT2D eigenvalue weighted by Crippen LogP contribution is -2.02. The normalized spacial score (nSPS) is 12.1. The molecule has 3 aromatic rings. The third-order valence-electron chi connectivity index (χ3n) is 4.01. The number of hydrogen-bond acceptors (Lipinski definition) is 7. The summed E-state index contributed by atoms with van der Waals surface area (Å²) in [5.74, 6) is 1.11. The van der Waals surface area contributed by atoms with Gasteiger partial charge in [-0.05, 0) is 42.3 Å². The first-order valence-electron chi connectivity index (χ1n) is 8.38. The number of aliphatic hydroxyl groups is 1. The van der Waals surface area contributed by atoms with Crippen LogP contribution in [0, 0.1) is 5.82 Å². The van der Waals surface area contributed by atoms with Gasteiger partial charge in [0.25, 0.3) is 0 Å². The molecule has 1 aliphatic heterocycles. The molecule has 0 saturated carbocycles. The predicted octanol–water partition coefficient (Wildman–Crippen LogP) is 3.37. The third kappa shape index (κ3) is 3.75. The lowest BCUT2D eigenvalue weighted by Gasteiger charge is -2.11. The number of fused-ring (bicyclic) bond motifs is 1. The number of aliphatic hydroxyl groups excluding tert-OH is 1. The first kappa shape index (κ1) is 17.0. The van der Waals surface area contributed by atoms with Crippen LogP contribution in [0.5, 0.6) is 11.5 Å². The SMILES string of the molecule is OCCc1ccc(Nc2nccc(Nc3c(F)ccc4c3OCO4)n2)cc1. The highest BCUT2D eigenvalue weighted by Gasteiger charge is 2.21. The molecule has 3 N–H and O–H groups in total. The molecule has 1 aromatic heterocycles. The van der Waals surface area contributed by atoms with Crippen molar-refractivity contribution >= 4 is 23.1 Å². The first-order valence-corrected chi connectivity index (χ1v) is 8.38. The molecule has 0 unspecified atom stereocenters. The van der Waals surface area contributed by atoms with Crippen molar-refractivity contribution in [1.82, 2.24) is 9.97 Å². The second-order valence-corrected chi connectivity index (χ2v) is 5.84. The molecular formula is C19H17FN4O3. The Bertz CT molecular complexity index is 950. The minimum absolute atomic E-state index is 0.0519. The largest absolute Gasteiger partial charge is 0.454 e. The van der Waals surface area contributed by atoms with Gasteiger partial charge in [0.15, 0.2) is 17.3 Å². The molecule has 138 valence electrons. The Hall–Kier alpha value is -3.39. The highest BCUT2D eigenvalue weighted by atomic mass is 19.1. The van der Waals surface area contributed by atoms with E-state index in [0.717, 1.165) is 11.3 Å². The van der Waals surface area contributed by atoms with Crippen molar-refractivity contribution in [3.8, 4) is 11.5 Å². The van der Waals surface area contributed by atoms with Crippen LogP contribution >= 0.6 is 0 Å². The molecule has 0 saturated heterocycles. The van der Waals surface area contributed by atoms with Crippen LogP contribution in [0.4, 0.5) is 27.5 Å². The van der Waals surface area contributed by atoms with Crippen molar-refractivity contribution in [2.45, 2.75) is 6.42 Å². The minimum atomic E-state index is -0.466. The Balaban J connectivity index is 1.52. The maximum atomic E-state index is 14.2. The number of hydrogen-bond donors (Lipinski definition) is 3. The van der Waals surface area contributed by atoms with E-state index in [1.165, 1.54) is 12.1 Å². The summed E-state index contributed by atoms with van der Waals surface area (Å²) in [7, 11) is 0. The van der Waals surface area contributed by atoms with Crippen molar-refractivity contribution in [3.05, 3.63) is 60.0 Å². The maximum absolute atomic E-state index is 14.2. The number of nitrogens with one attached hydrogen (secondary N) is 2. The van der Waals surface area contributed by atoms with Crippen LogP contribution in [0.2, 0.25) is 0 Å². The monoisotopic (exact) mass is 368 g/mol. The fraction of sp³-hybridized carbons (Fsp3) is 0.158. The zero-order valence-electron chi connectivity index (χ0n) is 14.3. The van der Waals surface area contributed by atoms with Gasteiger partial charge in [-0.25, -0.2) is 9.37 Å². The molecule has 0 spiro atoms. The summed E-state index contributed by atoms with van der Waals surface area (Å²) >= 11 is 0. The van der Waals surface area contributed by atoms with Gasteiger partial charge in [0.05, 0.1) is 0 Å². The van der Waals surface area contributed by atoms with E-state index in [2.05, 4.69) is 20.6 Å². The lowest BCUT2D eigenvalue weighted by atomic mass is 10.1. The number of anilines is 4. The predicted molar refractivity (Wildman–Crippen MR) is 98.4 cm³/mol. The lowest BCUT2D eigenvalue weighted by molar-refractivity contribution is 0.174. The second kappa shape index (κ2) is 7.46. The Morgan fingerprint density at radius 1 is 1.04 bits per heavy atom. The standard InChI is InChI=1S/C19H17FN4O3/c20-14-5-6-15-18(27-11-26-15)17(14)23-16-7-9-21-19(24-16)22-13-3-1-12(2-4-13)8-10-25/h1-7,9,25H,8,10-11H2,(H2,21,22,23,24). The molecule has 0 bridgehead atoms. The van der Waals surface area contributed by atoms with Crippen molar-refractivity contribution in [3.63, 3.8) is 0 Å². The molecule has 8 heteroatoms. The second-order valence-electron chi connectivity index (χ2n) is 5.84. The van der Waals surface area contributed by atoms with Gasteiger partial charge < -0.3 is 25.2 Å². The van der Waals surface area contributed by atoms with Crippen molar-refractivity contribution in [2.75, 3.05) is 24.0 Å². The molecule has 2 heterocycles. The number of halogens is 1. The van der Waals surface area contributed by atoms with Crippen LogP contribution in [-0.4, -0.2) is 28.5 Å². The van der Waals surface area contributed by atoms with Crippen LogP contribution in [0.15, 0.2) is 48.7 Å². The van der Waals surface area contributed by atoms with Crippen molar-refractivity contribution in [2.24, 2.45) is 0 Å². The average molecular weight is 368 g/mol. The number of ether oxygens (including phenoxy) is 2. The van der Waals surface area contributed by atoms with Crippen LogP contribution in [0.1, 0.15) is 5.56 Å². The molecule has 0 atom stereocenters. The van der Waals surface area contributed by atoms with Gasteiger partial charge in [0.1, 0.15) is 11.5 Å². The van der Waals surface area contributed by atoms with Crippen LogP contribution in [-0.2, 0) is 6.42 Å². The van der Waals surface area contributed by atoms with E-state index in [4.69, 9.17) is 14.6 Å². The molecule has 2 aromatic carbocycles. The zero-order chi connectivity index (χ0) is 18.6. The molecule has 0 fully saturated rings. The Kier molecular flexibility index (Phi) is 4.71. The minimum Gasteiger partial charge on any atom is -0.454 e. The van der Waals surface area contributed by atoms with E-state index in [-0.39, 0.29) is 19.1 Å². The number of benzene rings is 2. The summed E-state index contributed by atoms with van der Waals surface area (Å²) in [5, 5.41) is 15.0. The van der Waals surface area contributed by atoms with Gasteiger partial charge in [0.2, 0.25) is 12.7 Å². The van der Waals surface area contributed by atoms with Crippen molar-refractivity contribution in [1.29, 1.82) is 0 Å². The van der Waals surface area contributed by atoms with E-state index in [1.54, 1.807) is 12.3 Å².